The first kappa shape index (κ1) is 13.2. The van der Waals surface area contributed by atoms with Gasteiger partial charge in [0.2, 0.25) is 5.91 Å². The van der Waals surface area contributed by atoms with Crippen LogP contribution >= 0.6 is 15.9 Å². The van der Waals surface area contributed by atoms with Gasteiger partial charge >= 0.3 is 0 Å². The average molecular weight is 284 g/mol. The van der Waals surface area contributed by atoms with E-state index in [-0.39, 0.29) is 16.8 Å². The van der Waals surface area contributed by atoms with E-state index >= 15 is 0 Å². The number of rotatable bonds is 5. The number of carbonyl (C=O) groups is 1. The second-order valence-electron chi connectivity index (χ2n) is 3.76. The maximum absolute atomic E-state index is 11.8. The van der Waals surface area contributed by atoms with Gasteiger partial charge in [0.25, 0.3) is 0 Å². The highest BCUT2D eigenvalue weighted by molar-refractivity contribution is 9.10. The van der Waals surface area contributed by atoms with Gasteiger partial charge in [-0.15, -0.1) is 0 Å². The lowest BCUT2D eigenvalue weighted by Gasteiger charge is -2.19. The van der Waals surface area contributed by atoms with Gasteiger partial charge in [-0.3, -0.25) is 4.79 Å². The van der Waals surface area contributed by atoms with Gasteiger partial charge in [0.15, 0.2) is 0 Å². The molecule has 0 heterocycles. The molecule has 0 aliphatic carbocycles. The number of alkyl halides is 1. The quantitative estimate of drug-likeness (QED) is 0.825. The summed E-state index contributed by atoms with van der Waals surface area (Å²) in [5.74, 6) is 0.0678. The minimum atomic E-state index is -0.0923. The van der Waals surface area contributed by atoms with Gasteiger partial charge in [0.1, 0.15) is 0 Å². The fourth-order valence-corrected chi connectivity index (χ4v) is 1.69. The molecule has 0 aliphatic heterocycles. The smallest absolute Gasteiger partial charge is 0.234 e. The largest absolute Gasteiger partial charge is 0.348 e. The Hall–Kier alpha value is -0.830. The van der Waals surface area contributed by atoms with Crippen molar-refractivity contribution in [3.05, 3.63) is 35.9 Å². The van der Waals surface area contributed by atoms with Gasteiger partial charge in [0.05, 0.1) is 10.9 Å². The Balaban J connectivity index is 2.66. The number of amides is 1. The van der Waals surface area contributed by atoms with E-state index in [2.05, 4.69) is 28.2 Å². The van der Waals surface area contributed by atoms with E-state index in [1.807, 2.05) is 37.3 Å². The van der Waals surface area contributed by atoms with Crippen LogP contribution in [0.5, 0.6) is 0 Å². The third-order valence-corrected chi connectivity index (χ3v) is 3.63. The van der Waals surface area contributed by atoms with Crippen LogP contribution in [0.4, 0.5) is 0 Å². The summed E-state index contributed by atoms with van der Waals surface area (Å²) in [6, 6.07) is 10.2. The molecule has 1 unspecified atom stereocenters. The zero-order chi connectivity index (χ0) is 12.0. The van der Waals surface area contributed by atoms with Crippen molar-refractivity contribution in [2.45, 2.75) is 37.6 Å². The summed E-state index contributed by atoms with van der Waals surface area (Å²) in [6.45, 7) is 4.07. The number of carbonyl (C=O) groups excluding carboxylic acids is 1. The number of halogens is 1. The molecule has 2 atom stereocenters. The van der Waals surface area contributed by atoms with Crippen LogP contribution in [0.1, 0.15) is 38.3 Å². The predicted octanol–water partition coefficient (Wildman–Crippen LogP) is 3.43. The summed E-state index contributed by atoms with van der Waals surface area (Å²) in [5.41, 5.74) is 1.16. The van der Waals surface area contributed by atoms with Crippen LogP contribution in [0.25, 0.3) is 0 Å². The second-order valence-corrected chi connectivity index (χ2v) is 4.86. The first-order valence-corrected chi connectivity index (χ1v) is 6.60. The van der Waals surface area contributed by atoms with Crippen molar-refractivity contribution in [1.29, 1.82) is 0 Å². The zero-order valence-electron chi connectivity index (χ0n) is 9.74. The molecule has 0 fully saturated rings. The van der Waals surface area contributed by atoms with Gasteiger partial charge in [0, 0.05) is 0 Å². The van der Waals surface area contributed by atoms with E-state index in [9.17, 15) is 4.79 Å². The van der Waals surface area contributed by atoms with E-state index in [1.165, 1.54) is 0 Å². The maximum atomic E-state index is 11.8. The molecule has 1 rings (SSSR count). The summed E-state index contributed by atoms with van der Waals surface area (Å²) in [6.07, 6.45) is 1.70. The highest BCUT2D eigenvalue weighted by atomic mass is 79.9. The molecule has 1 amide bonds. The molecule has 0 aromatic heterocycles. The Morgan fingerprint density at radius 3 is 2.38 bits per heavy atom. The number of hydrogen-bond donors (Lipinski definition) is 1. The minimum absolute atomic E-state index is 0.0678. The molecule has 1 aromatic rings. The molecule has 1 aromatic carbocycles. The first-order valence-electron chi connectivity index (χ1n) is 5.68. The molecule has 1 N–H and O–H groups in total. The second kappa shape index (κ2) is 6.69. The van der Waals surface area contributed by atoms with Gasteiger partial charge in [-0.2, -0.15) is 0 Å². The molecule has 0 saturated heterocycles. The molecule has 0 spiro atoms. The zero-order valence-corrected chi connectivity index (χ0v) is 11.3. The van der Waals surface area contributed by atoms with Crippen molar-refractivity contribution < 1.29 is 4.79 Å². The number of nitrogens with one attached hydrogen (secondary N) is 1. The van der Waals surface area contributed by atoms with Crippen LogP contribution in [0.3, 0.4) is 0 Å². The molecular weight excluding hydrogens is 266 g/mol. The fourth-order valence-electron chi connectivity index (χ4n) is 1.55. The first-order chi connectivity index (χ1) is 7.69. The summed E-state index contributed by atoms with van der Waals surface area (Å²) in [7, 11) is 0. The molecule has 0 radical (unpaired) electrons. The molecule has 3 heteroatoms. The number of hydrogen-bond acceptors (Lipinski definition) is 1. The normalized spacial score (nSPS) is 14.2. The molecule has 2 nitrogen and oxygen atoms in total. The molecule has 0 aliphatic rings. The van der Waals surface area contributed by atoms with Gasteiger partial charge in [-0.25, -0.2) is 0 Å². The van der Waals surface area contributed by atoms with E-state index in [1.54, 1.807) is 0 Å². The lowest BCUT2D eigenvalue weighted by molar-refractivity contribution is -0.121. The van der Waals surface area contributed by atoms with Crippen LogP contribution < -0.4 is 5.32 Å². The van der Waals surface area contributed by atoms with Gasteiger partial charge in [-0.05, 0) is 18.4 Å². The van der Waals surface area contributed by atoms with E-state index < -0.39 is 0 Å². The Morgan fingerprint density at radius 2 is 1.88 bits per heavy atom. The third kappa shape index (κ3) is 3.63. The summed E-state index contributed by atoms with van der Waals surface area (Å²) >= 11 is 3.36. The van der Waals surface area contributed by atoms with Crippen molar-refractivity contribution in [2.75, 3.05) is 0 Å². The molecule has 16 heavy (non-hydrogen) atoms. The molecule has 0 saturated carbocycles. The molecular formula is C13H18BrNO. The van der Waals surface area contributed by atoms with Crippen molar-refractivity contribution in [3.8, 4) is 0 Å². The van der Waals surface area contributed by atoms with Gasteiger partial charge in [-0.1, -0.05) is 60.1 Å². The molecule has 88 valence electrons. The minimum Gasteiger partial charge on any atom is -0.348 e. The average Bonchev–Trinajstić information content (AvgIpc) is 2.35. The van der Waals surface area contributed by atoms with Crippen LogP contribution in [0.15, 0.2) is 30.3 Å². The van der Waals surface area contributed by atoms with E-state index in [0.717, 1.165) is 18.4 Å². The Morgan fingerprint density at radius 1 is 1.25 bits per heavy atom. The highest BCUT2D eigenvalue weighted by Gasteiger charge is 2.17. The van der Waals surface area contributed by atoms with Crippen molar-refractivity contribution in [1.82, 2.24) is 5.32 Å². The summed E-state index contributed by atoms with van der Waals surface area (Å²) in [4.78, 5) is 11.7. The Labute approximate surface area is 106 Å². The van der Waals surface area contributed by atoms with Crippen molar-refractivity contribution >= 4 is 21.8 Å². The van der Waals surface area contributed by atoms with Crippen LogP contribution in [0.2, 0.25) is 0 Å². The van der Waals surface area contributed by atoms with Crippen molar-refractivity contribution in [2.24, 2.45) is 0 Å². The maximum Gasteiger partial charge on any atom is 0.234 e. The van der Waals surface area contributed by atoms with Crippen LogP contribution in [0, 0.1) is 0 Å². The standard InChI is InChI=1S/C13H18BrNO/c1-3-11(14)13(16)15-12(4-2)10-8-6-5-7-9-10/h5-9,11-12H,3-4H2,1-2H3,(H,15,16)/t11?,12-/m1/s1. The lowest BCUT2D eigenvalue weighted by Crippen LogP contribution is -2.33. The van der Waals surface area contributed by atoms with E-state index in [4.69, 9.17) is 0 Å². The SMILES string of the molecule is CCC(Br)C(=O)N[C@H](CC)c1ccccc1. The van der Waals surface area contributed by atoms with Crippen LogP contribution in [-0.4, -0.2) is 10.7 Å². The Kier molecular flexibility index (Phi) is 5.53. The van der Waals surface area contributed by atoms with Gasteiger partial charge < -0.3 is 5.32 Å². The number of benzene rings is 1. The lowest BCUT2D eigenvalue weighted by atomic mass is 10.0. The topological polar surface area (TPSA) is 29.1 Å². The highest BCUT2D eigenvalue weighted by Crippen LogP contribution is 2.17. The summed E-state index contributed by atoms with van der Waals surface area (Å²) < 4.78 is 0. The monoisotopic (exact) mass is 283 g/mol. The summed E-state index contributed by atoms with van der Waals surface area (Å²) in [5, 5.41) is 3.05. The van der Waals surface area contributed by atoms with Crippen molar-refractivity contribution in [3.63, 3.8) is 0 Å². The molecule has 0 bridgehead atoms. The van der Waals surface area contributed by atoms with E-state index in [0.29, 0.717) is 0 Å². The fraction of sp³-hybridized carbons (Fsp3) is 0.462. The predicted molar refractivity (Wildman–Crippen MR) is 70.6 cm³/mol. The third-order valence-electron chi connectivity index (χ3n) is 2.57. The Bertz CT molecular complexity index is 326. The van der Waals surface area contributed by atoms with Crippen LogP contribution in [-0.2, 0) is 4.79 Å².